The van der Waals surface area contributed by atoms with Crippen molar-refractivity contribution in [1.82, 2.24) is 14.9 Å². The van der Waals surface area contributed by atoms with Gasteiger partial charge in [-0.1, -0.05) is 48.5 Å². The van der Waals surface area contributed by atoms with E-state index in [1.165, 1.54) is 16.3 Å². The minimum Gasteiger partial charge on any atom is -0.351 e. The van der Waals surface area contributed by atoms with Gasteiger partial charge in [-0.2, -0.15) is 0 Å². The molecule has 3 heterocycles. The first-order chi connectivity index (χ1) is 16.7. The molecule has 0 amide bonds. The lowest BCUT2D eigenvalue weighted by Gasteiger charge is -2.29. The number of benzene rings is 3. The summed E-state index contributed by atoms with van der Waals surface area (Å²) in [5.41, 5.74) is 5.52. The minimum atomic E-state index is -0.0803. The molecule has 1 aliphatic heterocycles. The Hall–Kier alpha value is -3.96. The van der Waals surface area contributed by atoms with Crippen LogP contribution in [0.3, 0.4) is 0 Å². The van der Waals surface area contributed by atoms with Crippen molar-refractivity contribution in [2.45, 2.75) is 19.0 Å². The Morgan fingerprint density at radius 2 is 1.65 bits per heavy atom. The summed E-state index contributed by atoms with van der Waals surface area (Å²) in [6, 6.07) is 33.8. The van der Waals surface area contributed by atoms with Gasteiger partial charge in [0.25, 0.3) is 0 Å². The highest BCUT2D eigenvalue weighted by atomic mass is 32.1. The van der Waals surface area contributed by atoms with Crippen molar-refractivity contribution in [3.8, 4) is 5.69 Å². The number of hydrogen-bond donors (Lipinski definition) is 1. The SMILES string of the molecule is Cc1cccc(N2C(=S)N[C@@H](c3ccccn3)[C@@H]2c2cccn2-c2ccc3ccccc3c2)c1. The highest BCUT2D eigenvalue weighted by Gasteiger charge is 2.42. The molecule has 2 aromatic heterocycles. The third-order valence-corrected chi connectivity index (χ3v) is 6.79. The Bertz CT molecular complexity index is 1490. The Balaban J connectivity index is 1.52. The number of thiocarbonyl (C=S) groups is 1. The summed E-state index contributed by atoms with van der Waals surface area (Å²) < 4.78 is 2.27. The highest BCUT2D eigenvalue weighted by Crippen LogP contribution is 2.42. The fourth-order valence-corrected chi connectivity index (χ4v) is 5.25. The van der Waals surface area contributed by atoms with E-state index in [4.69, 9.17) is 12.2 Å². The third kappa shape index (κ3) is 3.55. The Morgan fingerprint density at radius 1 is 0.794 bits per heavy atom. The second-order valence-corrected chi connectivity index (χ2v) is 9.06. The van der Waals surface area contributed by atoms with Crippen LogP contribution in [0.5, 0.6) is 0 Å². The zero-order chi connectivity index (χ0) is 23.1. The molecule has 0 saturated carbocycles. The van der Waals surface area contributed by atoms with E-state index in [0.29, 0.717) is 5.11 Å². The largest absolute Gasteiger partial charge is 0.351 e. The first-order valence-corrected chi connectivity index (χ1v) is 11.8. The monoisotopic (exact) mass is 460 g/mol. The molecule has 0 spiro atoms. The van der Waals surface area contributed by atoms with Gasteiger partial charge in [0.2, 0.25) is 0 Å². The first kappa shape index (κ1) is 20.6. The van der Waals surface area contributed by atoms with Crippen LogP contribution in [0.25, 0.3) is 16.5 Å². The number of nitrogens with one attached hydrogen (secondary N) is 1. The van der Waals surface area contributed by atoms with Gasteiger partial charge in [0, 0.05) is 29.5 Å². The van der Waals surface area contributed by atoms with Gasteiger partial charge in [-0.25, -0.2) is 0 Å². The van der Waals surface area contributed by atoms with Crippen LogP contribution in [-0.4, -0.2) is 14.7 Å². The summed E-state index contributed by atoms with van der Waals surface area (Å²) in [6.45, 7) is 2.11. The van der Waals surface area contributed by atoms with E-state index < -0.39 is 0 Å². The molecule has 34 heavy (non-hydrogen) atoms. The van der Waals surface area contributed by atoms with E-state index in [-0.39, 0.29) is 12.1 Å². The smallest absolute Gasteiger partial charge is 0.174 e. The molecule has 0 radical (unpaired) electrons. The summed E-state index contributed by atoms with van der Waals surface area (Å²) in [4.78, 5) is 6.92. The molecule has 1 N–H and O–H groups in total. The molecule has 3 aromatic carbocycles. The van der Waals surface area contributed by atoms with Crippen LogP contribution >= 0.6 is 12.2 Å². The van der Waals surface area contributed by atoms with Crippen molar-refractivity contribution in [3.63, 3.8) is 0 Å². The van der Waals surface area contributed by atoms with E-state index in [9.17, 15) is 0 Å². The number of nitrogens with zero attached hydrogens (tertiary/aromatic N) is 3. The van der Waals surface area contributed by atoms with Gasteiger partial charge >= 0.3 is 0 Å². The quantitative estimate of drug-likeness (QED) is 0.310. The lowest BCUT2D eigenvalue weighted by atomic mass is 10.0. The van der Waals surface area contributed by atoms with Gasteiger partial charge in [-0.3, -0.25) is 4.98 Å². The van der Waals surface area contributed by atoms with E-state index in [2.05, 4.69) is 118 Å². The van der Waals surface area contributed by atoms with Crippen LogP contribution in [0, 0.1) is 6.92 Å². The second-order valence-electron chi connectivity index (χ2n) is 8.67. The van der Waals surface area contributed by atoms with Gasteiger partial charge in [0.15, 0.2) is 5.11 Å². The molecule has 1 aliphatic rings. The number of fused-ring (bicyclic) bond motifs is 1. The van der Waals surface area contributed by atoms with Crippen LogP contribution in [0.1, 0.15) is 29.0 Å². The Kier molecular flexibility index (Phi) is 5.12. The predicted octanol–water partition coefficient (Wildman–Crippen LogP) is 6.51. The molecule has 0 unspecified atom stereocenters. The molecular formula is C29H24N4S. The molecule has 4 nitrogen and oxygen atoms in total. The van der Waals surface area contributed by atoms with E-state index >= 15 is 0 Å². The molecule has 2 atom stereocenters. The topological polar surface area (TPSA) is 33.1 Å². The average Bonchev–Trinajstić information content (AvgIpc) is 3.48. The predicted molar refractivity (Wildman–Crippen MR) is 142 cm³/mol. The number of hydrogen-bond acceptors (Lipinski definition) is 2. The fourth-order valence-electron chi connectivity index (χ4n) is 4.91. The molecule has 166 valence electrons. The molecule has 5 aromatic rings. The zero-order valence-corrected chi connectivity index (χ0v) is 19.6. The van der Waals surface area contributed by atoms with Crippen molar-refractivity contribution in [2.75, 3.05) is 4.90 Å². The lowest BCUT2D eigenvalue weighted by Crippen LogP contribution is -2.30. The van der Waals surface area contributed by atoms with Crippen molar-refractivity contribution in [1.29, 1.82) is 0 Å². The minimum absolute atomic E-state index is 0.0642. The number of anilines is 1. The highest BCUT2D eigenvalue weighted by molar-refractivity contribution is 7.80. The van der Waals surface area contributed by atoms with Crippen molar-refractivity contribution in [3.05, 3.63) is 126 Å². The molecular weight excluding hydrogens is 436 g/mol. The Morgan fingerprint density at radius 3 is 2.47 bits per heavy atom. The Labute approximate surface area is 204 Å². The third-order valence-electron chi connectivity index (χ3n) is 6.47. The maximum absolute atomic E-state index is 5.89. The molecule has 0 bridgehead atoms. The van der Waals surface area contributed by atoms with Gasteiger partial charge < -0.3 is 14.8 Å². The standard InChI is InChI=1S/C29H24N4S/c1-20-8-6-11-24(18-20)33-28(27(31-29(33)34)25-12-4-5-16-30-25)26-13-7-17-32(26)23-15-14-21-9-2-3-10-22(21)19-23/h2-19,27-28H,1H3,(H,31,34)/t27-,28-/m0/s1. The van der Waals surface area contributed by atoms with Crippen LogP contribution in [0.15, 0.2) is 109 Å². The maximum atomic E-state index is 5.89. The summed E-state index contributed by atoms with van der Waals surface area (Å²) in [6.07, 6.45) is 3.97. The zero-order valence-electron chi connectivity index (χ0n) is 18.8. The van der Waals surface area contributed by atoms with Crippen molar-refractivity contribution in [2.24, 2.45) is 0 Å². The summed E-state index contributed by atoms with van der Waals surface area (Å²) in [7, 11) is 0. The van der Waals surface area contributed by atoms with Gasteiger partial charge in [-0.15, -0.1) is 0 Å². The molecule has 6 rings (SSSR count). The van der Waals surface area contributed by atoms with Crippen LogP contribution in [-0.2, 0) is 0 Å². The van der Waals surface area contributed by atoms with Gasteiger partial charge in [0.05, 0.1) is 11.7 Å². The van der Waals surface area contributed by atoms with Gasteiger partial charge in [-0.05, 0) is 84.0 Å². The van der Waals surface area contributed by atoms with Crippen LogP contribution in [0.4, 0.5) is 5.69 Å². The van der Waals surface area contributed by atoms with E-state index in [1.807, 2.05) is 18.3 Å². The molecule has 1 saturated heterocycles. The van der Waals surface area contributed by atoms with Crippen molar-refractivity contribution >= 4 is 33.8 Å². The van der Waals surface area contributed by atoms with Crippen LogP contribution < -0.4 is 10.2 Å². The normalized spacial score (nSPS) is 17.8. The maximum Gasteiger partial charge on any atom is 0.174 e. The summed E-state index contributed by atoms with van der Waals surface area (Å²) in [5.74, 6) is 0. The number of rotatable bonds is 4. The first-order valence-electron chi connectivity index (χ1n) is 11.4. The second kappa shape index (κ2) is 8.43. The van der Waals surface area contributed by atoms with Crippen LogP contribution in [0.2, 0.25) is 0 Å². The average molecular weight is 461 g/mol. The van der Waals surface area contributed by atoms with E-state index in [1.54, 1.807) is 0 Å². The van der Waals surface area contributed by atoms with E-state index in [0.717, 1.165) is 22.8 Å². The molecule has 1 fully saturated rings. The number of pyridine rings is 1. The molecule has 0 aliphatic carbocycles. The lowest BCUT2D eigenvalue weighted by molar-refractivity contribution is 0.549. The number of aryl methyl sites for hydroxylation is 1. The fraction of sp³-hybridized carbons (Fsp3) is 0.103. The van der Waals surface area contributed by atoms with Gasteiger partial charge in [0.1, 0.15) is 6.04 Å². The summed E-state index contributed by atoms with van der Waals surface area (Å²) >= 11 is 5.89. The van der Waals surface area contributed by atoms with Crippen molar-refractivity contribution < 1.29 is 0 Å². The molecule has 5 heteroatoms. The number of aromatic nitrogens is 2. The summed E-state index contributed by atoms with van der Waals surface area (Å²) in [5, 5.41) is 6.72.